The van der Waals surface area contributed by atoms with E-state index in [1.54, 1.807) is 0 Å². The molecule has 0 fully saturated rings. The summed E-state index contributed by atoms with van der Waals surface area (Å²) in [6.45, 7) is 5.67. The van der Waals surface area contributed by atoms with Crippen molar-refractivity contribution >= 4 is 35.6 Å². The number of aliphatic hydroxyl groups is 1. The van der Waals surface area contributed by atoms with Crippen LogP contribution in [0.4, 0.5) is 0 Å². The molecule has 0 aliphatic rings. The van der Waals surface area contributed by atoms with E-state index in [2.05, 4.69) is 0 Å². The molecule has 0 radical (unpaired) electrons. The van der Waals surface area contributed by atoms with Crippen molar-refractivity contribution in [3.05, 3.63) is 0 Å². The Morgan fingerprint density at radius 2 is 1.27 bits per heavy atom. The molecule has 5 heteroatoms. The van der Waals surface area contributed by atoms with Gasteiger partial charge >= 0.3 is 0 Å². The lowest BCUT2D eigenvalue weighted by Crippen LogP contribution is -1.84. The first-order valence-corrected chi connectivity index (χ1v) is 4.04. The molecule has 11 heavy (non-hydrogen) atoms. The van der Waals surface area contributed by atoms with Crippen molar-refractivity contribution in [1.82, 2.24) is 0 Å². The summed E-state index contributed by atoms with van der Waals surface area (Å²) in [6.07, 6.45) is 0. The molecule has 0 heterocycles. The number of hydrogen-bond acceptors (Lipinski definition) is 2. The lowest BCUT2D eigenvalue weighted by atomic mass is 10.8. The highest BCUT2D eigenvalue weighted by atomic mass is 35.5. The minimum atomic E-state index is 0. The lowest BCUT2D eigenvalue weighted by molar-refractivity contribution is 0.162. The molecule has 0 unspecified atom stereocenters. The summed E-state index contributed by atoms with van der Waals surface area (Å²) in [7, 11) is 1.00. The molecule has 0 atom stereocenters. The van der Waals surface area contributed by atoms with Crippen LogP contribution in [0.15, 0.2) is 0 Å². The van der Waals surface area contributed by atoms with Gasteiger partial charge in [0.25, 0.3) is 0 Å². The van der Waals surface area contributed by atoms with Crippen molar-refractivity contribution in [1.29, 1.82) is 0 Å². The van der Waals surface area contributed by atoms with Crippen LogP contribution in [0, 0.1) is 0 Å². The van der Waals surface area contributed by atoms with Crippen LogP contribution in [0.1, 0.15) is 13.8 Å². The van der Waals surface area contributed by atoms with Crippen molar-refractivity contribution < 1.29 is 9.84 Å². The highest BCUT2D eigenvalue weighted by Gasteiger charge is 1.64. The second-order valence-electron chi connectivity index (χ2n) is 0.882. The van der Waals surface area contributed by atoms with Crippen LogP contribution in [0.2, 0.25) is 0 Å². The summed E-state index contributed by atoms with van der Waals surface area (Å²) in [6, 6.07) is 0. The molecule has 0 spiro atoms. The van der Waals surface area contributed by atoms with Crippen molar-refractivity contribution in [2.24, 2.45) is 0 Å². The average Bonchev–Trinajstić information content (AvgIpc) is 1.96. The van der Waals surface area contributed by atoms with Gasteiger partial charge in [-0.1, -0.05) is 0 Å². The molecule has 0 bridgehead atoms. The van der Waals surface area contributed by atoms with Crippen molar-refractivity contribution in [2.75, 3.05) is 25.7 Å². The smallest absolute Gasteiger partial charge is 0.0967 e. The number of rotatable bonds is 2. The molecular weight excluding hydrogens is 210 g/mol. The molecule has 0 saturated carbocycles. The number of halogens is 3. The van der Waals surface area contributed by atoms with Gasteiger partial charge in [0.2, 0.25) is 0 Å². The first-order chi connectivity index (χ1) is 4.83. The number of alkyl halides is 2. The van der Waals surface area contributed by atoms with Gasteiger partial charge in [-0.05, 0) is 13.8 Å². The van der Waals surface area contributed by atoms with Gasteiger partial charge in [0.1, 0.15) is 0 Å². The molecule has 2 nitrogen and oxygen atoms in total. The van der Waals surface area contributed by atoms with Crippen LogP contribution < -0.4 is 0 Å². The zero-order valence-corrected chi connectivity index (χ0v) is 9.47. The van der Waals surface area contributed by atoms with E-state index < -0.39 is 0 Å². The number of ether oxygens (including phenoxy) is 1. The van der Waals surface area contributed by atoms with Gasteiger partial charge in [0.15, 0.2) is 0 Å². The lowest BCUT2D eigenvalue weighted by Gasteiger charge is -1.86. The summed E-state index contributed by atoms with van der Waals surface area (Å²) in [5.74, 6) is 0. The Kier molecular flexibility index (Phi) is 92.7. The Morgan fingerprint density at radius 1 is 1.09 bits per heavy atom. The molecule has 0 saturated heterocycles. The van der Waals surface area contributed by atoms with Gasteiger partial charge in [0.05, 0.1) is 5.34 Å². The second-order valence-corrected chi connectivity index (χ2v) is 1.69. The largest absolute Gasteiger partial charge is 0.400 e. The molecule has 0 rings (SSSR count). The molecule has 0 aromatic carbocycles. The summed E-state index contributed by atoms with van der Waals surface area (Å²) >= 11 is 9.53. The highest BCUT2D eigenvalue weighted by Crippen LogP contribution is 1.73. The molecule has 0 aromatic rings. The van der Waals surface area contributed by atoms with Crippen LogP contribution in [0.5, 0.6) is 0 Å². The first-order valence-electron chi connectivity index (χ1n) is 2.97. The van der Waals surface area contributed by atoms with Crippen LogP contribution in [0.3, 0.4) is 0 Å². The molecule has 0 amide bonds. The van der Waals surface area contributed by atoms with Crippen molar-refractivity contribution in [3.8, 4) is 0 Å². The van der Waals surface area contributed by atoms with Crippen LogP contribution in [-0.4, -0.2) is 30.8 Å². The Balaban J connectivity index is -0.0000000360. The van der Waals surface area contributed by atoms with Crippen molar-refractivity contribution in [3.63, 3.8) is 0 Å². The molecule has 0 aromatic heterocycles. The number of hydrogen-bond donors (Lipinski definition) is 1. The maximum Gasteiger partial charge on any atom is 0.0967 e. The van der Waals surface area contributed by atoms with Crippen molar-refractivity contribution in [2.45, 2.75) is 13.8 Å². The summed E-state index contributed by atoms with van der Waals surface area (Å²) in [4.78, 5) is 0. The fourth-order valence-corrected chi connectivity index (χ4v) is 0.204. The van der Waals surface area contributed by atoms with Gasteiger partial charge in [-0.25, -0.2) is 0 Å². The third kappa shape index (κ3) is 107. The topological polar surface area (TPSA) is 29.5 Å². The SMILES string of the molecule is CCOCC.CO.Cl.ClCCl. The fraction of sp³-hybridized carbons (Fsp3) is 1.00. The van der Waals surface area contributed by atoms with Gasteiger partial charge in [-0.3, -0.25) is 0 Å². The zero-order valence-electron chi connectivity index (χ0n) is 7.14. The van der Waals surface area contributed by atoms with E-state index in [4.69, 9.17) is 33.0 Å². The summed E-state index contributed by atoms with van der Waals surface area (Å²) < 4.78 is 4.83. The monoisotopic (exact) mass is 226 g/mol. The van der Waals surface area contributed by atoms with Gasteiger partial charge in [0, 0.05) is 20.3 Å². The quantitative estimate of drug-likeness (QED) is 0.735. The third-order valence-corrected chi connectivity index (χ3v) is 0.408. The van der Waals surface area contributed by atoms with Crippen LogP contribution in [-0.2, 0) is 4.74 Å². The van der Waals surface area contributed by atoms with E-state index >= 15 is 0 Å². The molecule has 0 aliphatic heterocycles. The summed E-state index contributed by atoms with van der Waals surface area (Å²) in [5.41, 5.74) is 0. The predicted octanol–water partition coefficient (Wildman–Crippen LogP) is 2.49. The van der Waals surface area contributed by atoms with Crippen LogP contribution >= 0.6 is 35.6 Å². The van der Waals surface area contributed by atoms with E-state index in [0.717, 1.165) is 20.3 Å². The maximum atomic E-state index is 7.00. The van der Waals surface area contributed by atoms with E-state index in [9.17, 15) is 0 Å². The fourth-order valence-electron chi connectivity index (χ4n) is 0.204. The third-order valence-electron chi connectivity index (χ3n) is 0.408. The highest BCUT2D eigenvalue weighted by molar-refractivity contribution is 6.40. The Morgan fingerprint density at radius 3 is 1.27 bits per heavy atom. The Hall–Kier alpha value is 0.790. The van der Waals surface area contributed by atoms with Gasteiger partial charge in [-0.2, -0.15) is 0 Å². The van der Waals surface area contributed by atoms with E-state index in [1.165, 1.54) is 0 Å². The molecule has 1 N–H and O–H groups in total. The van der Waals surface area contributed by atoms with Crippen LogP contribution in [0.25, 0.3) is 0 Å². The minimum absolute atomic E-state index is 0. The minimum Gasteiger partial charge on any atom is -0.400 e. The Bertz CT molecular complexity index is 29.8. The van der Waals surface area contributed by atoms with Gasteiger partial charge < -0.3 is 9.84 Å². The van der Waals surface area contributed by atoms with E-state index in [0.29, 0.717) is 0 Å². The molecule has 0 aliphatic carbocycles. The molecular formula is C6H17Cl3O2. The maximum absolute atomic E-state index is 7.00. The zero-order chi connectivity index (χ0) is 8.83. The van der Waals surface area contributed by atoms with E-state index in [1.807, 2.05) is 13.8 Å². The predicted molar refractivity (Wildman–Crippen MR) is 54.1 cm³/mol. The Labute approximate surface area is 85.2 Å². The van der Waals surface area contributed by atoms with Gasteiger partial charge in [-0.15, -0.1) is 35.6 Å². The first kappa shape index (κ1) is 22.6. The normalized spacial score (nSPS) is 6.00. The number of aliphatic hydroxyl groups excluding tert-OH is 1. The second kappa shape index (κ2) is 45.1. The molecule has 74 valence electrons. The van der Waals surface area contributed by atoms with E-state index in [-0.39, 0.29) is 17.7 Å². The standard InChI is InChI=1S/C4H10O.CH2Cl2.CH4O.ClH/c1-3-5-4-2;2-1-3;1-2;/h3-4H2,1-2H3;1H2;2H,1H3;1H. The average molecular weight is 228 g/mol. The summed E-state index contributed by atoms with van der Waals surface area (Å²) in [5, 5.41) is 7.19.